The fourth-order valence-corrected chi connectivity index (χ4v) is 17.9. The number of nitrogens with zero attached hydrogens (tertiary/aromatic N) is 1. The normalized spacial score (nSPS) is 25.9. The Hall–Kier alpha value is -3.63. The second-order valence-electron chi connectivity index (χ2n) is 33.1. The molecule has 9 fully saturated rings. The van der Waals surface area contributed by atoms with Crippen molar-refractivity contribution >= 4 is 0 Å². The predicted octanol–water partition coefficient (Wildman–Crippen LogP) is 26.6. The molecule has 4 aromatic rings. The summed E-state index contributed by atoms with van der Waals surface area (Å²) >= 11 is 0. The van der Waals surface area contributed by atoms with Gasteiger partial charge in [-0.05, 0) is 270 Å². The Kier molecular flexibility index (Phi) is 27.9. The molecule has 482 valence electrons. The summed E-state index contributed by atoms with van der Waals surface area (Å²) in [6.45, 7) is 53.2. The Balaban J connectivity index is 0.000000222. The quantitative estimate of drug-likeness (QED) is 0.195. The van der Waals surface area contributed by atoms with Gasteiger partial charge >= 0.3 is 0 Å². The molecular weight excluding hydrogens is 1030 g/mol. The number of hydrogen-bond donors (Lipinski definition) is 0. The molecule has 0 unspecified atom stereocenters. The van der Waals surface area contributed by atoms with Crippen LogP contribution in [0.3, 0.4) is 0 Å². The van der Waals surface area contributed by atoms with Crippen LogP contribution in [0.4, 0.5) is 0 Å². The fourth-order valence-electron chi connectivity index (χ4n) is 17.9. The van der Waals surface area contributed by atoms with Gasteiger partial charge in [-0.1, -0.05) is 252 Å². The highest BCUT2D eigenvalue weighted by Gasteiger charge is 2.55. The molecule has 1 heteroatoms. The highest BCUT2D eigenvalue weighted by molar-refractivity contribution is 5.39. The van der Waals surface area contributed by atoms with Gasteiger partial charge in [0, 0.05) is 5.92 Å². The van der Waals surface area contributed by atoms with E-state index in [4.69, 9.17) is 10.7 Å². The van der Waals surface area contributed by atoms with Gasteiger partial charge < -0.3 is 0 Å². The van der Waals surface area contributed by atoms with E-state index in [9.17, 15) is 0 Å². The van der Waals surface area contributed by atoms with Crippen LogP contribution in [-0.2, 0) is 0 Å². The first kappa shape index (κ1) is 68.3. The molecule has 0 amide bonds. The summed E-state index contributed by atoms with van der Waals surface area (Å²) < 4.78 is 30.6. The van der Waals surface area contributed by atoms with Crippen molar-refractivity contribution in [2.45, 2.75) is 305 Å². The van der Waals surface area contributed by atoms with Crippen LogP contribution in [0.25, 0.3) is 0 Å². The van der Waals surface area contributed by atoms with E-state index in [1.54, 1.807) is 77.6 Å². The van der Waals surface area contributed by atoms with E-state index in [2.05, 4.69) is 186 Å². The van der Waals surface area contributed by atoms with E-state index >= 15 is 0 Å². The average molecular weight is 1180 g/mol. The van der Waals surface area contributed by atoms with E-state index < -0.39 is 0 Å². The van der Waals surface area contributed by atoms with Crippen molar-refractivity contribution in [3.05, 3.63) is 140 Å². The molecule has 0 radical (unpaired) electrons. The lowest BCUT2D eigenvalue weighted by molar-refractivity contribution is -0.113. The van der Waals surface area contributed by atoms with Crippen LogP contribution in [0, 0.1) is 134 Å². The minimum atomic E-state index is -0.0674. The molecule has 0 spiro atoms. The molecular formula is C85H137N. The molecule has 9 aliphatic carbocycles. The lowest BCUT2D eigenvalue weighted by Gasteiger charge is -2.62. The van der Waals surface area contributed by atoms with Gasteiger partial charge in [0.05, 0.1) is 11.6 Å². The van der Waals surface area contributed by atoms with Crippen LogP contribution in [0.15, 0.2) is 84.8 Å². The summed E-state index contributed by atoms with van der Waals surface area (Å²) in [5, 5.41) is 7.89. The second-order valence-corrected chi connectivity index (χ2v) is 33.1. The molecule has 0 saturated heterocycles. The number of benzene rings is 4. The Morgan fingerprint density at radius 1 is 0.477 bits per heavy atom. The van der Waals surface area contributed by atoms with Gasteiger partial charge in [-0.25, -0.2) is 0 Å². The van der Waals surface area contributed by atoms with E-state index in [0.717, 1.165) is 64.6 Å². The maximum Gasteiger partial charge on any atom is 0.0649 e. The molecule has 86 heavy (non-hydrogen) atoms. The maximum absolute atomic E-state index is 7.89. The van der Waals surface area contributed by atoms with E-state index in [-0.39, 0.29) is 36.0 Å². The molecule has 8 bridgehead atoms. The van der Waals surface area contributed by atoms with Crippen molar-refractivity contribution in [2.75, 3.05) is 0 Å². The van der Waals surface area contributed by atoms with Crippen LogP contribution in [0.2, 0.25) is 0 Å². The third-order valence-corrected chi connectivity index (χ3v) is 21.5. The first-order chi connectivity index (χ1) is 41.9. The lowest BCUT2D eigenvalue weighted by atomic mass is 9.43. The summed E-state index contributed by atoms with van der Waals surface area (Å²) in [6, 6.07) is 23.8. The largest absolute Gasteiger partial charge is 0.198 e. The van der Waals surface area contributed by atoms with Crippen molar-refractivity contribution in [1.82, 2.24) is 0 Å². The zero-order chi connectivity index (χ0) is 67.7. The predicted molar refractivity (Wildman–Crippen MR) is 382 cm³/mol. The molecule has 0 heterocycles. The first-order valence-corrected chi connectivity index (χ1v) is 35.6. The van der Waals surface area contributed by atoms with Gasteiger partial charge in [0.15, 0.2) is 0 Å². The van der Waals surface area contributed by atoms with E-state index in [1.165, 1.54) is 89.5 Å². The third-order valence-electron chi connectivity index (χ3n) is 21.5. The molecule has 4 aromatic carbocycles. The molecule has 0 N–H and O–H groups in total. The van der Waals surface area contributed by atoms with Crippen LogP contribution in [-0.4, -0.2) is 0 Å². The summed E-state index contributed by atoms with van der Waals surface area (Å²) in [5.74, 6) is 13.0. The lowest BCUT2D eigenvalue weighted by Crippen LogP contribution is -2.51. The van der Waals surface area contributed by atoms with E-state index in [1.807, 2.05) is 39.8 Å². The molecule has 0 atom stereocenters. The van der Waals surface area contributed by atoms with Crippen LogP contribution < -0.4 is 0 Å². The first-order valence-electron chi connectivity index (χ1n) is 37.6. The summed E-state index contributed by atoms with van der Waals surface area (Å²) in [4.78, 5) is 0. The Labute approximate surface area is 541 Å². The summed E-state index contributed by atoms with van der Waals surface area (Å²) in [6.07, 6.45) is 27.8. The van der Waals surface area contributed by atoms with Gasteiger partial charge in [-0.15, -0.1) is 0 Å². The average Bonchev–Trinajstić information content (AvgIpc) is 0.745. The van der Waals surface area contributed by atoms with Crippen molar-refractivity contribution in [1.29, 1.82) is 5.26 Å². The topological polar surface area (TPSA) is 23.8 Å². The molecule has 1 nitrogen and oxygen atoms in total. The second kappa shape index (κ2) is 35.1. The van der Waals surface area contributed by atoms with Crippen molar-refractivity contribution in [3.63, 3.8) is 0 Å². The number of hydrogen-bond acceptors (Lipinski definition) is 1. The fraction of sp³-hybridized carbons (Fsp3) is 0.706. The van der Waals surface area contributed by atoms with Crippen molar-refractivity contribution in [2.24, 2.45) is 81.3 Å². The van der Waals surface area contributed by atoms with Gasteiger partial charge in [-0.2, -0.15) is 5.26 Å². The summed E-state index contributed by atoms with van der Waals surface area (Å²) in [7, 11) is 0. The highest BCUT2D eigenvalue weighted by Crippen LogP contribution is 2.66. The van der Waals surface area contributed by atoms with Gasteiger partial charge in [-0.3, -0.25) is 0 Å². The Morgan fingerprint density at radius 3 is 1.23 bits per heavy atom. The number of nitriles is 1. The Morgan fingerprint density at radius 2 is 0.884 bits per heavy atom. The molecule has 0 aliphatic heterocycles. The summed E-state index contributed by atoms with van der Waals surface area (Å²) in [5.41, 5.74) is 14.4. The van der Waals surface area contributed by atoms with Crippen molar-refractivity contribution < 1.29 is 5.48 Å². The SMILES string of the molecule is CC(C)(C)C12CC3CC(CC(C3)C1)C2.CC(C)(C)C1C2CC3CC(C2)CC1C3.CC(C)C#N.CC(C)C1CCCCCCC1.CC(C)c1ccccc1.Cc1cc(C)c(C(C)C)c(C)c1.Cc1cccc(C)c1C(C)C.[2H]c1c([2H])c(C)c([2H])c(C(C)C)c1[2H]. The molecule has 9 saturated carbocycles. The van der Waals surface area contributed by atoms with Crippen LogP contribution in [0.1, 0.15) is 325 Å². The van der Waals surface area contributed by atoms with Gasteiger partial charge in [0.25, 0.3) is 0 Å². The van der Waals surface area contributed by atoms with Crippen molar-refractivity contribution in [3.8, 4) is 6.07 Å². The zero-order valence-electron chi connectivity index (χ0n) is 64.6. The number of rotatable bonds is 5. The van der Waals surface area contributed by atoms with Crippen LogP contribution >= 0.6 is 0 Å². The highest BCUT2D eigenvalue weighted by atomic mass is 14.6. The van der Waals surface area contributed by atoms with Crippen LogP contribution in [0.5, 0.6) is 0 Å². The monoisotopic (exact) mass is 1180 g/mol. The van der Waals surface area contributed by atoms with E-state index in [0.29, 0.717) is 39.7 Å². The molecule has 13 rings (SSSR count). The Bertz CT molecular complexity index is 2660. The maximum atomic E-state index is 7.89. The standard InChI is InChI=1S/2C14H24.C12H18.C11H16.C11H22.C10H14.C9H12.C4H7N/c1-13(2,3)14-7-10-4-11(8-14)6-12(5-10)9-14;1-14(2,3)13-11-5-9-4-10(7-11)8-12(13)6-9;1-8(2)12-10(4)6-9(3)7-11(12)5;1-8(2)11-9(3)6-5-7-10(11)4;1-10(2)11-8-6-4-3-5-7-9-11;1-8(2)10-6-4-5-9(3)7-10;1-8(2)9-6-4-3-5-7-9;1-4(2)3-5/h10-12H,4-9H2,1-3H3;9-13H,4-8H2,1-3H3;6-8H,1-5H3;5-8H,1-4H3;10-11H,3-9H2,1-2H3;4-8H,1-3H3;3-8H,1-2H3;4H,1-2H3/i;;;;;4D,5D,6D,7D;;. The minimum Gasteiger partial charge on any atom is -0.198 e. The zero-order valence-corrected chi connectivity index (χ0v) is 60.6. The number of aryl methyl sites for hydroxylation is 5. The molecule has 0 aromatic heterocycles. The minimum absolute atomic E-state index is 0.00407. The smallest absolute Gasteiger partial charge is 0.0649 e. The van der Waals surface area contributed by atoms with Gasteiger partial charge in [0.2, 0.25) is 0 Å². The third kappa shape index (κ3) is 23.6. The van der Waals surface area contributed by atoms with Gasteiger partial charge in [0.1, 0.15) is 0 Å². The molecule has 9 aliphatic rings.